The molecule has 0 bridgehead atoms. The maximum atomic E-state index is 11.2. The molecule has 12 heavy (non-hydrogen) atoms. The Bertz CT molecular complexity index is 271. The molecule has 64 valence electrons. The van der Waals surface area contributed by atoms with Gasteiger partial charge in [0.05, 0.1) is 0 Å². The second-order valence-corrected chi connectivity index (χ2v) is 3.10. The predicted octanol–water partition coefficient (Wildman–Crippen LogP) is 0.732. The third kappa shape index (κ3) is 0.913. The van der Waals surface area contributed by atoms with E-state index in [0.29, 0.717) is 12.8 Å². The molecule has 0 radical (unpaired) electrons. The minimum atomic E-state index is -0.744. The van der Waals surface area contributed by atoms with Gasteiger partial charge in [-0.3, -0.25) is 0 Å². The number of esters is 1. The lowest BCUT2D eigenvalue weighted by atomic mass is 9.86. The number of carbonyl (C=O) groups excluding carboxylic acids is 2. The first-order valence-corrected chi connectivity index (χ1v) is 3.92. The van der Waals surface area contributed by atoms with E-state index in [2.05, 4.69) is 10.1 Å². The molecule has 4 nitrogen and oxygen atoms in total. The van der Waals surface area contributed by atoms with E-state index in [4.69, 9.17) is 0 Å². The van der Waals surface area contributed by atoms with Crippen LogP contribution in [0.3, 0.4) is 0 Å². The number of allylic oxidation sites excluding steroid dienone is 1. The lowest BCUT2D eigenvalue weighted by Gasteiger charge is -2.24. The van der Waals surface area contributed by atoms with Crippen LogP contribution < -0.4 is 5.32 Å². The highest BCUT2D eigenvalue weighted by atomic mass is 16.6. The summed E-state index contributed by atoms with van der Waals surface area (Å²) < 4.78 is 4.43. The molecule has 0 aromatic heterocycles. The third-order valence-corrected chi connectivity index (χ3v) is 2.29. The standard InChI is InChI=1S/C8H9NO3/c10-6-8(9-7(11)12-6)4-2-1-3-5-8/h1-2H,3-5H2,(H,9,11). The Balaban J connectivity index is 2.25. The highest BCUT2D eigenvalue weighted by molar-refractivity contribution is 5.99. The van der Waals surface area contributed by atoms with Crippen molar-refractivity contribution in [2.24, 2.45) is 0 Å². The molecule has 0 saturated carbocycles. The summed E-state index contributed by atoms with van der Waals surface area (Å²) in [4.78, 5) is 22.0. The summed E-state index contributed by atoms with van der Waals surface area (Å²) in [7, 11) is 0. The number of nitrogens with one attached hydrogen (secondary N) is 1. The third-order valence-electron chi connectivity index (χ3n) is 2.29. The van der Waals surface area contributed by atoms with Gasteiger partial charge in [-0.25, -0.2) is 9.59 Å². The van der Waals surface area contributed by atoms with Crippen molar-refractivity contribution in [2.75, 3.05) is 0 Å². The van der Waals surface area contributed by atoms with Gasteiger partial charge in [0.2, 0.25) is 0 Å². The number of hydrogen-bond donors (Lipinski definition) is 1. The fraction of sp³-hybridized carbons (Fsp3) is 0.500. The number of hydrogen-bond acceptors (Lipinski definition) is 3. The summed E-state index contributed by atoms with van der Waals surface area (Å²) in [5, 5.41) is 2.56. The van der Waals surface area contributed by atoms with Crippen LogP contribution in [-0.2, 0) is 9.53 Å². The molecule has 1 aliphatic carbocycles. The molecule has 4 heteroatoms. The fourth-order valence-electron chi connectivity index (χ4n) is 1.59. The van der Waals surface area contributed by atoms with Crippen molar-refractivity contribution in [3.05, 3.63) is 12.2 Å². The Morgan fingerprint density at radius 1 is 1.42 bits per heavy atom. The maximum Gasteiger partial charge on any atom is 0.415 e. The van der Waals surface area contributed by atoms with Gasteiger partial charge in [0.1, 0.15) is 5.54 Å². The van der Waals surface area contributed by atoms with Crippen molar-refractivity contribution in [2.45, 2.75) is 24.8 Å². The summed E-state index contributed by atoms with van der Waals surface area (Å²) in [5.41, 5.74) is -0.744. The van der Waals surface area contributed by atoms with E-state index in [0.717, 1.165) is 6.42 Å². The molecule has 1 aliphatic heterocycles. The van der Waals surface area contributed by atoms with Crippen molar-refractivity contribution < 1.29 is 14.3 Å². The van der Waals surface area contributed by atoms with Crippen LogP contribution in [0.2, 0.25) is 0 Å². The Kier molecular flexibility index (Phi) is 1.43. The van der Waals surface area contributed by atoms with Crippen LogP contribution in [0.5, 0.6) is 0 Å². The lowest BCUT2D eigenvalue weighted by Crippen LogP contribution is -2.46. The second-order valence-electron chi connectivity index (χ2n) is 3.10. The zero-order valence-electron chi connectivity index (χ0n) is 6.50. The van der Waals surface area contributed by atoms with Crippen LogP contribution in [0.25, 0.3) is 0 Å². The lowest BCUT2D eigenvalue weighted by molar-refractivity contribution is -0.139. The van der Waals surface area contributed by atoms with E-state index < -0.39 is 17.6 Å². The van der Waals surface area contributed by atoms with E-state index >= 15 is 0 Å². The molecule has 2 aliphatic rings. The highest BCUT2D eigenvalue weighted by Crippen LogP contribution is 2.28. The molecule has 0 aromatic carbocycles. The summed E-state index contributed by atoms with van der Waals surface area (Å²) >= 11 is 0. The molecule has 1 heterocycles. The second kappa shape index (κ2) is 2.33. The molecule has 1 amide bonds. The average molecular weight is 167 g/mol. The van der Waals surface area contributed by atoms with Gasteiger partial charge in [-0.1, -0.05) is 12.2 Å². The Morgan fingerprint density at radius 3 is 2.75 bits per heavy atom. The van der Waals surface area contributed by atoms with Crippen LogP contribution in [0.1, 0.15) is 19.3 Å². The summed E-state index contributed by atoms with van der Waals surface area (Å²) in [6.45, 7) is 0. The minimum absolute atomic E-state index is 0.433. The first kappa shape index (κ1) is 7.34. The molecular formula is C8H9NO3. The van der Waals surface area contributed by atoms with Gasteiger partial charge < -0.3 is 10.1 Å². The first-order chi connectivity index (χ1) is 5.73. The fourth-order valence-corrected chi connectivity index (χ4v) is 1.59. The van der Waals surface area contributed by atoms with Gasteiger partial charge in [-0.2, -0.15) is 0 Å². The van der Waals surface area contributed by atoms with Crippen molar-refractivity contribution in [1.82, 2.24) is 5.32 Å². The van der Waals surface area contributed by atoms with E-state index in [1.165, 1.54) is 0 Å². The Hall–Kier alpha value is -1.32. The van der Waals surface area contributed by atoms with E-state index in [9.17, 15) is 9.59 Å². The summed E-state index contributed by atoms with van der Waals surface area (Å²) in [6, 6.07) is 0. The van der Waals surface area contributed by atoms with Crippen molar-refractivity contribution >= 4 is 12.1 Å². The molecule has 1 saturated heterocycles. The van der Waals surface area contributed by atoms with E-state index in [1.54, 1.807) is 0 Å². The van der Waals surface area contributed by atoms with Crippen molar-refractivity contribution in [3.8, 4) is 0 Å². The first-order valence-electron chi connectivity index (χ1n) is 3.92. The zero-order valence-corrected chi connectivity index (χ0v) is 6.50. The molecule has 0 aromatic rings. The quantitative estimate of drug-likeness (QED) is 0.329. The van der Waals surface area contributed by atoms with Gasteiger partial charge >= 0.3 is 12.1 Å². The Morgan fingerprint density at radius 2 is 2.25 bits per heavy atom. The van der Waals surface area contributed by atoms with Gasteiger partial charge in [0.15, 0.2) is 0 Å². The van der Waals surface area contributed by atoms with E-state index in [-0.39, 0.29) is 0 Å². The summed E-state index contributed by atoms with van der Waals surface area (Å²) in [5.74, 6) is -0.433. The number of alkyl carbamates (subject to hydrolysis) is 1. The predicted molar refractivity (Wildman–Crippen MR) is 40.3 cm³/mol. The van der Waals surface area contributed by atoms with Crippen LogP contribution >= 0.6 is 0 Å². The molecule has 2 rings (SSSR count). The molecule has 1 fully saturated rings. The Labute approximate surface area is 69.6 Å². The van der Waals surface area contributed by atoms with Crippen LogP contribution in [0.4, 0.5) is 4.79 Å². The van der Waals surface area contributed by atoms with Crippen molar-refractivity contribution in [1.29, 1.82) is 0 Å². The monoisotopic (exact) mass is 167 g/mol. The topological polar surface area (TPSA) is 55.4 Å². The normalized spacial score (nSPS) is 33.7. The molecule has 1 unspecified atom stereocenters. The molecule has 1 spiro atoms. The smallest absolute Gasteiger partial charge is 0.374 e. The minimum Gasteiger partial charge on any atom is -0.374 e. The largest absolute Gasteiger partial charge is 0.415 e. The van der Waals surface area contributed by atoms with Crippen LogP contribution in [0.15, 0.2) is 12.2 Å². The van der Waals surface area contributed by atoms with E-state index in [1.807, 2.05) is 12.2 Å². The van der Waals surface area contributed by atoms with Crippen LogP contribution in [-0.4, -0.2) is 17.6 Å². The van der Waals surface area contributed by atoms with Gasteiger partial charge in [0.25, 0.3) is 0 Å². The number of carbonyl (C=O) groups is 2. The van der Waals surface area contributed by atoms with Gasteiger partial charge in [-0.05, 0) is 19.3 Å². The maximum absolute atomic E-state index is 11.2. The number of amides is 1. The average Bonchev–Trinajstić information content (AvgIpc) is 2.29. The highest BCUT2D eigenvalue weighted by Gasteiger charge is 2.47. The number of cyclic esters (lactones) is 2. The summed E-state index contributed by atoms with van der Waals surface area (Å²) in [6.07, 6.45) is 5.30. The SMILES string of the molecule is O=C1NC2(CC=CCC2)C(=O)O1. The molecule has 1 N–H and O–H groups in total. The van der Waals surface area contributed by atoms with Crippen molar-refractivity contribution in [3.63, 3.8) is 0 Å². The number of ether oxygens (including phenoxy) is 1. The van der Waals surface area contributed by atoms with Crippen LogP contribution in [0, 0.1) is 0 Å². The number of rotatable bonds is 0. The zero-order chi connectivity index (χ0) is 8.60. The molecular weight excluding hydrogens is 158 g/mol. The van der Waals surface area contributed by atoms with Gasteiger partial charge in [0, 0.05) is 0 Å². The molecule has 1 atom stereocenters. The van der Waals surface area contributed by atoms with Gasteiger partial charge in [-0.15, -0.1) is 0 Å².